The van der Waals surface area contributed by atoms with Crippen LogP contribution in [0.2, 0.25) is 0 Å². The molecule has 0 aliphatic heterocycles. The quantitative estimate of drug-likeness (QED) is 0.292. The van der Waals surface area contributed by atoms with Gasteiger partial charge in [0.1, 0.15) is 0 Å². The maximum atomic E-state index is 5.10. The highest BCUT2D eigenvalue weighted by Crippen LogP contribution is 2.01. The number of hydrogen-bond acceptors (Lipinski definition) is 0. The summed E-state index contributed by atoms with van der Waals surface area (Å²) in [7, 11) is 0.880. The Morgan fingerprint density at radius 3 is 1.38 bits per heavy atom. The summed E-state index contributed by atoms with van der Waals surface area (Å²) >= 11 is 10.2. The molecule has 0 N–H and O–H groups in total. The van der Waals surface area contributed by atoms with Gasteiger partial charge in [0.25, 0.3) is 0 Å². The summed E-state index contributed by atoms with van der Waals surface area (Å²) < 4.78 is -0.0833. The maximum absolute atomic E-state index is 5.10. The van der Waals surface area contributed by atoms with Crippen LogP contribution in [0.4, 0.5) is 0 Å². The Morgan fingerprint density at radius 2 is 1.38 bits per heavy atom. The third-order valence-corrected chi connectivity index (χ3v) is 0.667. The van der Waals surface area contributed by atoms with Crippen molar-refractivity contribution in [2.45, 2.75) is 17.3 Å². The van der Waals surface area contributed by atoms with E-state index in [4.69, 9.17) is 23.2 Å². The first-order chi connectivity index (χ1) is 3.73. The summed E-state index contributed by atoms with van der Waals surface area (Å²) in [5.74, 6) is 0. The average molecular weight is 169 g/mol. The van der Waals surface area contributed by atoms with E-state index in [2.05, 4.69) is 12.2 Å². The van der Waals surface area contributed by atoms with Crippen molar-refractivity contribution in [2.75, 3.05) is 0 Å². The fourth-order valence-electron chi connectivity index (χ4n) is 0.167. The largest absolute Gasteiger partial charge is 0.111 e. The molecule has 1 aliphatic carbocycles. The third-order valence-electron chi connectivity index (χ3n) is 0.667. The summed E-state index contributed by atoms with van der Waals surface area (Å²) in [6.45, 7) is 0. The minimum Gasteiger partial charge on any atom is -0.111 e. The van der Waals surface area contributed by atoms with Gasteiger partial charge in [0, 0.05) is 10.2 Å². The molecule has 0 bridgehead atoms. The fourth-order valence-corrected chi connectivity index (χ4v) is 0.167. The van der Waals surface area contributed by atoms with E-state index in [-0.39, 0.29) is 4.46 Å². The molecule has 0 aromatic rings. The average Bonchev–Trinajstić information content (AvgIpc) is 1.19. The summed E-state index contributed by atoms with van der Waals surface area (Å²) in [5, 5.41) is 0. The Kier molecular flexibility index (Phi) is 6.05. The summed E-state index contributed by atoms with van der Waals surface area (Å²) in [6.07, 6.45) is 7.00. The van der Waals surface area contributed by atoms with Crippen molar-refractivity contribution >= 4 is 33.4 Å². The van der Waals surface area contributed by atoms with E-state index in [1.54, 1.807) is 0 Å². The van der Waals surface area contributed by atoms with Crippen LogP contribution in [-0.4, -0.2) is 14.7 Å². The molecule has 0 saturated carbocycles. The van der Waals surface area contributed by atoms with Gasteiger partial charge in [0.2, 0.25) is 0 Å². The Balaban J connectivity index is 0.000000122. The van der Waals surface area contributed by atoms with Crippen LogP contribution in [0.1, 0.15) is 12.8 Å². The first-order valence-electron chi connectivity index (χ1n) is 2.66. The lowest BCUT2D eigenvalue weighted by atomic mass is 10.1. The van der Waals surface area contributed by atoms with Crippen molar-refractivity contribution in [2.24, 2.45) is 0 Å². The molecule has 0 radical (unpaired) electrons. The molecular formula is C5H10Cl2Si. The monoisotopic (exact) mass is 168 g/mol. The lowest BCUT2D eigenvalue weighted by Gasteiger charge is -1.92. The molecule has 0 fully saturated rings. The molecule has 0 aromatic carbocycles. The number of hydrogen-bond donors (Lipinski definition) is 0. The Morgan fingerprint density at radius 1 is 1.25 bits per heavy atom. The first kappa shape index (κ1) is 8.54. The predicted molar refractivity (Wildman–Crippen MR) is 43.8 cm³/mol. The SMILES string of the molecule is C1=CCC1.[SiH3]C(Cl)Cl. The van der Waals surface area contributed by atoms with Crippen molar-refractivity contribution in [3.8, 4) is 0 Å². The molecule has 0 unspecified atom stereocenters. The van der Waals surface area contributed by atoms with Crippen molar-refractivity contribution in [1.82, 2.24) is 0 Å². The minimum absolute atomic E-state index is 0.0833. The maximum Gasteiger partial charge on any atom is 0.0873 e. The molecule has 3 heteroatoms. The third kappa shape index (κ3) is 9.74. The first-order valence-corrected chi connectivity index (χ1v) is 4.69. The lowest BCUT2D eigenvalue weighted by Crippen LogP contribution is -1.75. The van der Waals surface area contributed by atoms with E-state index >= 15 is 0 Å². The molecule has 0 amide bonds. The predicted octanol–water partition coefficient (Wildman–Crippen LogP) is 1.45. The number of rotatable bonds is 0. The van der Waals surface area contributed by atoms with Crippen LogP contribution < -0.4 is 0 Å². The fraction of sp³-hybridized carbons (Fsp3) is 0.600. The number of alkyl halides is 2. The second kappa shape index (κ2) is 5.67. The van der Waals surface area contributed by atoms with E-state index in [0.29, 0.717) is 0 Å². The van der Waals surface area contributed by atoms with Crippen molar-refractivity contribution in [3.63, 3.8) is 0 Å². The van der Waals surface area contributed by atoms with E-state index in [1.165, 1.54) is 12.8 Å². The van der Waals surface area contributed by atoms with Crippen LogP contribution in [-0.2, 0) is 0 Å². The van der Waals surface area contributed by atoms with E-state index in [9.17, 15) is 0 Å². The van der Waals surface area contributed by atoms with Gasteiger partial charge in [0.15, 0.2) is 0 Å². The lowest BCUT2D eigenvalue weighted by molar-refractivity contribution is 0.962. The summed E-state index contributed by atoms with van der Waals surface area (Å²) in [6, 6.07) is 0. The van der Waals surface area contributed by atoms with Gasteiger partial charge in [-0.05, 0) is 12.8 Å². The van der Waals surface area contributed by atoms with Gasteiger partial charge >= 0.3 is 0 Å². The van der Waals surface area contributed by atoms with Gasteiger partial charge in [-0.3, -0.25) is 0 Å². The van der Waals surface area contributed by atoms with Gasteiger partial charge in [-0.25, -0.2) is 0 Å². The molecule has 8 heavy (non-hydrogen) atoms. The van der Waals surface area contributed by atoms with Crippen molar-refractivity contribution in [1.29, 1.82) is 0 Å². The van der Waals surface area contributed by atoms with E-state index in [1.807, 2.05) is 0 Å². The topological polar surface area (TPSA) is 0 Å². The molecule has 1 aliphatic rings. The van der Waals surface area contributed by atoms with Gasteiger partial charge in [-0.1, -0.05) is 12.2 Å². The molecule has 1 rings (SSSR count). The van der Waals surface area contributed by atoms with Gasteiger partial charge in [-0.2, -0.15) is 0 Å². The molecular weight excluding hydrogens is 159 g/mol. The van der Waals surface area contributed by atoms with E-state index < -0.39 is 0 Å². The standard InChI is InChI=1S/C4H6.CH4Cl2Si/c1-2-4-3-1;2-1(3)4/h1-2H,3-4H2;1H,4H3. The molecule has 0 atom stereocenters. The number of halogens is 2. The van der Waals surface area contributed by atoms with Crippen LogP contribution in [0.5, 0.6) is 0 Å². The highest BCUT2D eigenvalue weighted by atomic mass is 35.5. The van der Waals surface area contributed by atoms with Gasteiger partial charge in [-0.15, -0.1) is 23.2 Å². The summed E-state index contributed by atoms with van der Waals surface area (Å²) in [4.78, 5) is 0. The smallest absolute Gasteiger partial charge is 0.0873 e. The van der Waals surface area contributed by atoms with Gasteiger partial charge < -0.3 is 0 Å². The molecule has 0 nitrogen and oxygen atoms in total. The zero-order valence-electron chi connectivity index (χ0n) is 4.90. The second-order valence-corrected chi connectivity index (χ2v) is 5.72. The molecule has 0 saturated heterocycles. The molecule has 0 heterocycles. The van der Waals surface area contributed by atoms with Crippen LogP contribution in [0, 0.1) is 0 Å². The minimum atomic E-state index is -0.0833. The zero-order valence-corrected chi connectivity index (χ0v) is 8.41. The summed E-state index contributed by atoms with van der Waals surface area (Å²) in [5.41, 5.74) is 0. The van der Waals surface area contributed by atoms with Crippen molar-refractivity contribution < 1.29 is 0 Å². The highest BCUT2D eigenvalue weighted by molar-refractivity contribution is 6.60. The highest BCUT2D eigenvalue weighted by Gasteiger charge is 1.81. The molecule has 0 spiro atoms. The second-order valence-electron chi connectivity index (χ2n) is 1.57. The molecule has 48 valence electrons. The Bertz CT molecular complexity index is 62.1. The van der Waals surface area contributed by atoms with Crippen LogP contribution in [0.25, 0.3) is 0 Å². The van der Waals surface area contributed by atoms with Crippen LogP contribution in [0.3, 0.4) is 0 Å². The molecule has 0 aromatic heterocycles. The van der Waals surface area contributed by atoms with Crippen LogP contribution >= 0.6 is 23.2 Å². The normalized spacial score (nSPS) is 14.9. The Labute approximate surface area is 63.3 Å². The van der Waals surface area contributed by atoms with Crippen LogP contribution in [0.15, 0.2) is 12.2 Å². The Hall–Kier alpha value is 0.537. The van der Waals surface area contributed by atoms with Crippen molar-refractivity contribution in [3.05, 3.63) is 12.2 Å². The van der Waals surface area contributed by atoms with Gasteiger partial charge in [0.05, 0.1) is 4.46 Å². The zero-order chi connectivity index (χ0) is 6.41. The van der Waals surface area contributed by atoms with E-state index in [0.717, 1.165) is 10.2 Å². The number of allylic oxidation sites excluding steroid dienone is 2.